The van der Waals surface area contributed by atoms with Crippen LogP contribution in [0.2, 0.25) is 0 Å². The Morgan fingerprint density at radius 3 is 2.47 bits per heavy atom. The van der Waals surface area contributed by atoms with E-state index in [1.165, 1.54) is 6.07 Å². The van der Waals surface area contributed by atoms with Gasteiger partial charge < -0.3 is 10.0 Å². The maximum absolute atomic E-state index is 13.4. The van der Waals surface area contributed by atoms with Crippen LogP contribution in [0, 0.1) is 5.82 Å². The molecule has 0 bridgehead atoms. The van der Waals surface area contributed by atoms with Gasteiger partial charge in [-0.2, -0.15) is 0 Å². The van der Waals surface area contributed by atoms with Gasteiger partial charge in [0.2, 0.25) is 0 Å². The molecule has 96 valence electrons. The molecule has 1 aromatic carbocycles. The zero-order valence-electron chi connectivity index (χ0n) is 10.7. The summed E-state index contributed by atoms with van der Waals surface area (Å²) in [5.41, 5.74) is 0.597. The predicted molar refractivity (Wildman–Crippen MR) is 68.5 cm³/mol. The molecule has 0 fully saturated rings. The monoisotopic (exact) mass is 239 g/mol. The maximum atomic E-state index is 13.4. The topological polar surface area (TPSA) is 23.5 Å². The average Bonchev–Trinajstić information content (AvgIpc) is 2.33. The van der Waals surface area contributed by atoms with Crippen molar-refractivity contribution in [2.75, 3.05) is 19.6 Å². The molecule has 1 unspecified atom stereocenters. The van der Waals surface area contributed by atoms with E-state index in [4.69, 9.17) is 0 Å². The molecule has 2 nitrogen and oxygen atoms in total. The van der Waals surface area contributed by atoms with Crippen molar-refractivity contribution in [2.24, 2.45) is 0 Å². The molecule has 0 aliphatic heterocycles. The third-order valence-electron chi connectivity index (χ3n) is 3.09. The first-order valence-corrected chi connectivity index (χ1v) is 6.31. The highest BCUT2D eigenvalue weighted by atomic mass is 19.1. The number of hydrogen-bond acceptors (Lipinski definition) is 2. The molecular weight excluding hydrogens is 217 g/mol. The van der Waals surface area contributed by atoms with Gasteiger partial charge in [0, 0.05) is 13.0 Å². The SMILES string of the molecule is CCN(CC)CCC(O)Cc1ccccc1F. The number of aliphatic hydroxyl groups is 1. The molecule has 17 heavy (non-hydrogen) atoms. The smallest absolute Gasteiger partial charge is 0.126 e. The van der Waals surface area contributed by atoms with Crippen molar-refractivity contribution in [3.05, 3.63) is 35.6 Å². The van der Waals surface area contributed by atoms with Crippen LogP contribution >= 0.6 is 0 Å². The van der Waals surface area contributed by atoms with Crippen LogP contribution in [0.5, 0.6) is 0 Å². The number of halogens is 1. The highest BCUT2D eigenvalue weighted by Gasteiger charge is 2.10. The third kappa shape index (κ3) is 4.84. The van der Waals surface area contributed by atoms with Crippen LogP contribution in [0.25, 0.3) is 0 Å². The second-order valence-corrected chi connectivity index (χ2v) is 4.26. The molecule has 0 aliphatic rings. The summed E-state index contributed by atoms with van der Waals surface area (Å²) in [6, 6.07) is 6.64. The summed E-state index contributed by atoms with van der Waals surface area (Å²) in [6.07, 6.45) is 0.622. The van der Waals surface area contributed by atoms with E-state index >= 15 is 0 Å². The van der Waals surface area contributed by atoms with E-state index in [2.05, 4.69) is 18.7 Å². The Labute approximate surface area is 103 Å². The summed E-state index contributed by atoms with van der Waals surface area (Å²) in [5.74, 6) is -0.227. The molecule has 1 aromatic rings. The molecule has 1 atom stereocenters. The first kappa shape index (κ1) is 14.1. The lowest BCUT2D eigenvalue weighted by atomic mass is 10.1. The van der Waals surface area contributed by atoms with Gasteiger partial charge in [-0.05, 0) is 31.1 Å². The summed E-state index contributed by atoms with van der Waals surface area (Å²) >= 11 is 0. The quantitative estimate of drug-likeness (QED) is 0.790. The molecule has 3 heteroatoms. The lowest BCUT2D eigenvalue weighted by Crippen LogP contribution is -2.27. The van der Waals surface area contributed by atoms with Gasteiger partial charge in [-0.15, -0.1) is 0 Å². The lowest BCUT2D eigenvalue weighted by Gasteiger charge is -2.20. The molecule has 0 heterocycles. The molecule has 0 aromatic heterocycles. The Bertz CT molecular complexity index is 326. The van der Waals surface area contributed by atoms with E-state index in [0.717, 1.165) is 19.6 Å². The van der Waals surface area contributed by atoms with E-state index in [-0.39, 0.29) is 5.82 Å². The summed E-state index contributed by atoms with van der Waals surface area (Å²) in [6.45, 7) is 7.05. The van der Waals surface area contributed by atoms with Gasteiger partial charge in [-0.25, -0.2) is 4.39 Å². The van der Waals surface area contributed by atoms with Crippen molar-refractivity contribution in [1.29, 1.82) is 0 Å². The highest BCUT2D eigenvalue weighted by molar-refractivity contribution is 5.17. The Balaban J connectivity index is 2.39. The maximum Gasteiger partial charge on any atom is 0.126 e. The van der Waals surface area contributed by atoms with Gasteiger partial charge in [0.25, 0.3) is 0 Å². The Hall–Kier alpha value is -0.930. The molecule has 0 amide bonds. The van der Waals surface area contributed by atoms with Gasteiger partial charge in [0.15, 0.2) is 0 Å². The largest absolute Gasteiger partial charge is 0.393 e. The van der Waals surface area contributed by atoms with E-state index < -0.39 is 6.10 Å². The standard InChI is InChI=1S/C14H22FNO/c1-3-16(4-2)10-9-13(17)11-12-7-5-6-8-14(12)15/h5-8,13,17H,3-4,9-11H2,1-2H3. The molecule has 1 rings (SSSR count). The van der Waals surface area contributed by atoms with Crippen LogP contribution in [-0.4, -0.2) is 35.7 Å². The molecule has 0 aliphatic carbocycles. The summed E-state index contributed by atoms with van der Waals surface area (Å²) in [4.78, 5) is 2.25. The number of rotatable bonds is 7. The zero-order valence-corrected chi connectivity index (χ0v) is 10.7. The van der Waals surface area contributed by atoms with E-state index in [1.54, 1.807) is 18.2 Å². The van der Waals surface area contributed by atoms with Gasteiger partial charge >= 0.3 is 0 Å². The Kier molecular flexibility index (Phi) is 6.16. The van der Waals surface area contributed by atoms with E-state index in [0.29, 0.717) is 18.4 Å². The predicted octanol–water partition coefficient (Wildman–Crippen LogP) is 2.46. The van der Waals surface area contributed by atoms with Crippen LogP contribution in [0.1, 0.15) is 25.8 Å². The minimum absolute atomic E-state index is 0.227. The fourth-order valence-corrected chi connectivity index (χ4v) is 1.89. The second kappa shape index (κ2) is 7.41. The van der Waals surface area contributed by atoms with Gasteiger partial charge in [0.1, 0.15) is 5.82 Å². The first-order valence-electron chi connectivity index (χ1n) is 6.31. The van der Waals surface area contributed by atoms with E-state index in [9.17, 15) is 9.50 Å². The van der Waals surface area contributed by atoms with Crippen molar-refractivity contribution in [1.82, 2.24) is 4.90 Å². The molecule has 1 N–H and O–H groups in total. The lowest BCUT2D eigenvalue weighted by molar-refractivity contribution is 0.143. The van der Waals surface area contributed by atoms with Crippen molar-refractivity contribution < 1.29 is 9.50 Å². The highest BCUT2D eigenvalue weighted by Crippen LogP contribution is 2.11. The summed E-state index contributed by atoms with van der Waals surface area (Å²) in [7, 11) is 0. The Morgan fingerprint density at radius 2 is 1.88 bits per heavy atom. The van der Waals surface area contributed by atoms with Crippen LogP contribution in [0.3, 0.4) is 0 Å². The third-order valence-corrected chi connectivity index (χ3v) is 3.09. The minimum Gasteiger partial charge on any atom is -0.393 e. The normalized spacial score (nSPS) is 13.0. The van der Waals surface area contributed by atoms with Crippen molar-refractivity contribution in [2.45, 2.75) is 32.8 Å². The van der Waals surface area contributed by atoms with Crippen LogP contribution < -0.4 is 0 Å². The summed E-state index contributed by atoms with van der Waals surface area (Å²) in [5, 5.41) is 9.87. The second-order valence-electron chi connectivity index (χ2n) is 4.26. The van der Waals surface area contributed by atoms with Crippen molar-refractivity contribution in [3.8, 4) is 0 Å². The Morgan fingerprint density at radius 1 is 1.24 bits per heavy atom. The molecule has 0 spiro atoms. The van der Waals surface area contributed by atoms with Crippen LogP contribution in [-0.2, 0) is 6.42 Å². The summed E-state index contributed by atoms with van der Waals surface area (Å²) < 4.78 is 13.4. The minimum atomic E-state index is -0.465. The fraction of sp³-hybridized carbons (Fsp3) is 0.571. The number of benzene rings is 1. The fourth-order valence-electron chi connectivity index (χ4n) is 1.89. The zero-order chi connectivity index (χ0) is 12.7. The average molecular weight is 239 g/mol. The molecule has 0 radical (unpaired) electrons. The first-order chi connectivity index (χ1) is 8.17. The number of aliphatic hydroxyl groups excluding tert-OH is 1. The molecule has 0 saturated carbocycles. The van der Waals surface area contributed by atoms with Crippen LogP contribution in [0.4, 0.5) is 4.39 Å². The van der Waals surface area contributed by atoms with Gasteiger partial charge in [-0.1, -0.05) is 32.0 Å². The van der Waals surface area contributed by atoms with Crippen LogP contribution in [0.15, 0.2) is 24.3 Å². The van der Waals surface area contributed by atoms with Crippen molar-refractivity contribution in [3.63, 3.8) is 0 Å². The molecule has 0 saturated heterocycles. The van der Waals surface area contributed by atoms with Crippen molar-refractivity contribution >= 4 is 0 Å². The van der Waals surface area contributed by atoms with Gasteiger partial charge in [-0.3, -0.25) is 0 Å². The number of hydrogen-bond donors (Lipinski definition) is 1. The van der Waals surface area contributed by atoms with Gasteiger partial charge in [0.05, 0.1) is 6.10 Å². The number of nitrogens with zero attached hydrogens (tertiary/aromatic N) is 1. The molecular formula is C14H22FNO. The van der Waals surface area contributed by atoms with E-state index in [1.807, 2.05) is 0 Å².